The van der Waals surface area contributed by atoms with E-state index in [2.05, 4.69) is 62.4 Å². The number of carbonyl (C=O) groups is 1. The highest BCUT2D eigenvalue weighted by molar-refractivity contribution is 5.70. The molecule has 0 bridgehead atoms. The minimum atomic E-state index is -0.754. The first-order chi connectivity index (χ1) is 17.6. The summed E-state index contributed by atoms with van der Waals surface area (Å²) in [6.07, 6.45) is 6.28. The Labute approximate surface area is 214 Å². The van der Waals surface area contributed by atoms with E-state index in [-0.39, 0.29) is 0 Å². The van der Waals surface area contributed by atoms with Crippen LogP contribution in [0, 0.1) is 0 Å². The Balaban J connectivity index is 1.30. The number of unbranched alkanes of at least 4 members (excludes halogenated alkanes) is 2. The van der Waals surface area contributed by atoms with Crippen molar-refractivity contribution in [3.8, 4) is 33.8 Å². The van der Waals surface area contributed by atoms with Crippen LogP contribution in [-0.4, -0.2) is 6.16 Å². The van der Waals surface area contributed by atoms with Gasteiger partial charge >= 0.3 is 6.16 Å². The molecular formula is C33H34O3. The number of rotatable bonds is 10. The van der Waals surface area contributed by atoms with Gasteiger partial charge in [-0.25, -0.2) is 4.79 Å². The van der Waals surface area contributed by atoms with Crippen LogP contribution < -0.4 is 9.47 Å². The molecule has 0 N–H and O–H groups in total. The van der Waals surface area contributed by atoms with Gasteiger partial charge in [-0.05, 0) is 83.3 Å². The molecule has 4 rings (SSSR count). The molecule has 36 heavy (non-hydrogen) atoms. The molecule has 0 spiro atoms. The van der Waals surface area contributed by atoms with Crippen molar-refractivity contribution in [2.45, 2.75) is 52.4 Å². The highest BCUT2D eigenvalue weighted by atomic mass is 16.7. The molecule has 4 aromatic carbocycles. The fourth-order valence-electron chi connectivity index (χ4n) is 4.13. The van der Waals surface area contributed by atoms with E-state index in [1.807, 2.05) is 24.3 Å². The van der Waals surface area contributed by atoms with Crippen LogP contribution in [0.5, 0.6) is 11.5 Å². The van der Waals surface area contributed by atoms with Crippen LogP contribution in [0.3, 0.4) is 0 Å². The number of benzene rings is 4. The monoisotopic (exact) mass is 478 g/mol. The fourth-order valence-corrected chi connectivity index (χ4v) is 4.13. The predicted octanol–water partition coefficient (Wildman–Crippen LogP) is 9.28. The Morgan fingerprint density at radius 1 is 0.500 bits per heavy atom. The lowest BCUT2D eigenvalue weighted by Crippen LogP contribution is -2.13. The summed E-state index contributed by atoms with van der Waals surface area (Å²) in [4.78, 5) is 12.3. The second-order valence-electron chi connectivity index (χ2n) is 9.10. The summed E-state index contributed by atoms with van der Waals surface area (Å²) in [5.41, 5.74) is 7.15. The van der Waals surface area contributed by atoms with Crippen molar-refractivity contribution in [1.82, 2.24) is 0 Å². The number of ether oxygens (including phenoxy) is 2. The van der Waals surface area contributed by atoms with E-state index < -0.39 is 6.16 Å². The molecule has 0 aliphatic heterocycles. The maximum atomic E-state index is 12.3. The van der Waals surface area contributed by atoms with Gasteiger partial charge in [0.1, 0.15) is 11.5 Å². The zero-order valence-electron chi connectivity index (χ0n) is 21.2. The molecule has 0 amide bonds. The third kappa shape index (κ3) is 7.08. The Morgan fingerprint density at radius 3 is 1.11 bits per heavy atom. The van der Waals surface area contributed by atoms with Gasteiger partial charge < -0.3 is 9.47 Å². The minimum absolute atomic E-state index is 0.447. The highest BCUT2D eigenvalue weighted by Gasteiger charge is 2.09. The number of carbonyl (C=O) groups excluding carboxylic acids is 1. The molecule has 0 radical (unpaired) electrons. The quantitative estimate of drug-likeness (QED) is 0.168. The molecule has 0 aliphatic rings. The van der Waals surface area contributed by atoms with Gasteiger partial charge in [0, 0.05) is 0 Å². The van der Waals surface area contributed by atoms with E-state index in [9.17, 15) is 4.79 Å². The van der Waals surface area contributed by atoms with E-state index in [1.165, 1.54) is 36.8 Å². The van der Waals surface area contributed by atoms with E-state index in [0.717, 1.165) is 35.1 Å². The number of aryl methyl sites for hydroxylation is 2. The number of hydrogen-bond acceptors (Lipinski definition) is 3. The lowest BCUT2D eigenvalue weighted by atomic mass is 10.0. The molecule has 0 saturated heterocycles. The van der Waals surface area contributed by atoms with Gasteiger partial charge in [-0.3, -0.25) is 0 Å². The average molecular weight is 479 g/mol. The topological polar surface area (TPSA) is 35.5 Å². The van der Waals surface area contributed by atoms with Gasteiger partial charge in [0.2, 0.25) is 0 Å². The molecule has 4 aromatic rings. The van der Waals surface area contributed by atoms with Crippen LogP contribution in [-0.2, 0) is 12.8 Å². The highest BCUT2D eigenvalue weighted by Crippen LogP contribution is 2.25. The molecular weight excluding hydrogens is 444 g/mol. The second-order valence-corrected chi connectivity index (χ2v) is 9.10. The first kappa shape index (κ1) is 25.2. The first-order valence-corrected chi connectivity index (χ1v) is 12.9. The van der Waals surface area contributed by atoms with E-state index in [1.54, 1.807) is 24.3 Å². The molecule has 0 fully saturated rings. The predicted molar refractivity (Wildman–Crippen MR) is 148 cm³/mol. The van der Waals surface area contributed by atoms with Gasteiger partial charge in [0.05, 0.1) is 0 Å². The molecule has 0 unspecified atom stereocenters. The van der Waals surface area contributed by atoms with Crippen molar-refractivity contribution < 1.29 is 14.3 Å². The second kappa shape index (κ2) is 12.7. The van der Waals surface area contributed by atoms with Gasteiger partial charge in [0.15, 0.2) is 0 Å². The zero-order valence-corrected chi connectivity index (χ0v) is 21.2. The summed E-state index contributed by atoms with van der Waals surface area (Å²) in [5, 5.41) is 0. The molecule has 3 nitrogen and oxygen atoms in total. The van der Waals surface area contributed by atoms with Crippen molar-refractivity contribution in [3.63, 3.8) is 0 Å². The van der Waals surface area contributed by atoms with Crippen LogP contribution in [0.2, 0.25) is 0 Å². The van der Waals surface area contributed by atoms with Crippen molar-refractivity contribution in [2.24, 2.45) is 0 Å². The molecule has 0 heterocycles. The maximum Gasteiger partial charge on any atom is 0.519 e. The van der Waals surface area contributed by atoms with Gasteiger partial charge in [0.25, 0.3) is 0 Å². The lowest BCUT2D eigenvalue weighted by Gasteiger charge is -2.08. The largest absolute Gasteiger partial charge is 0.519 e. The Bertz CT molecular complexity index is 1120. The van der Waals surface area contributed by atoms with Crippen LogP contribution in [0.1, 0.15) is 50.7 Å². The summed E-state index contributed by atoms with van der Waals surface area (Å²) in [6, 6.07) is 32.2. The molecule has 3 heteroatoms. The molecule has 0 saturated carbocycles. The van der Waals surface area contributed by atoms with Gasteiger partial charge in [-0.2, -0.15) is 0 Å². The van der Waals surface area contributed by atoms with Crippen molar-refractivity contribution in [2.75, 3.05) is 0 Å². The van der Waals surface area contributed by atoms with Crippen molar-refractivity contribution in [3.05, 3.63) is 108 Å². The fraction of sp³-hybridized carbons (Fsp3) is 0.242. The Hall–Kier alpha value is -3.85. The lowest BCUT2D eigenvalue weighted by molar-refractivity contribution is 0.152. The van der Waals surface area contributed by atoms with Gasteiger partial charge in [-0.1, -0.05) is 99.5 Å². The average Bonchev–Trinajstić information content (AvgIpc) is 2.92. The van der Waals surface area contributed by atoms with Crippen LogP contribution in [0.4, 0.5) is 4.79 Å². The molecule has 0 aliphatic carbocycles. The third-order valence-electron chi connectivity index (χ3n) is 6.32. The third-order valence-corrected chi connectivity index (χ3v) is 6.32. The van der Waals surface area contributed by atoms with Crippen LogP contribution in [0.25, 0.3) is 22.3 Å². The van der Waals surface area contributed by atoms with Crippen molar-refractivity contribution >= 4 is 6.16 Å². The summed E-state index contributed by atoms with van der Waals surface area (Å²) >= 11 is 0. The Morgan fingerprint density at radius 2 is 0.806 bits per heavy atom. The smallest absolute Gasteiger partial charge is 0.395 e. The SMILES string of the molecule is CCCCc1ccc(-c2ccc(OC(=O)Oc3ccc(-c4ccc(CCCC)cc4)cc3)cc2)cc1. The molecule has 0 atom stereocenters. The summed E-state index contributed by atoms with van der Waals surface area (Å²) in [6.45, 7) is 4.41. The van der Waals surface area contributed by atoms with Crippen molar-refractivity contribution in [1.29, 1.82) is 0 Å². The first-order valence-electron chi connectivity index (χ1n) is 12.9. The van der Waals surface area contributed by atoms with E-state index in [4.69, 9.17) is 9.47 Å². The van der Waals surface area contributed by atoms with Crippen LogP contribution >= 0.6 is 0 Å². The standard InChI is InChI=1S/C33H34O3/c1-3-5-7-25-9-13-27(14-10-25)29-17-21-31(22-18-29)35-33(34)36-32-23-19-30(20-24-32)28-15-11-26(12-16-28)8-6-4-2/h9-24H,3-8H2,1-2H3. The zero-order chi connectivity index (χ0) is 25.2. The molecule has 0 aromatic heterocycles. The summed E-state index contributed by atoms with van der Waals surface area (Å²) < 4.78 is 10.7. The number of hydrogen-bond donors (Lipinski definition) is 0. The van der Waals surface area contributed by atoms with Gasteiger partial charge in [-0.15, -0.1) is 0 Å². The normalized spacial score (nSPS) is 10.7. The Kier molecular flexibility index (Phi) is 8.93. The minimum Gasteiger partial charge on any atom is -0.395 e. The van der Waals surface area contributed by atoms with E-state index >= 15 is 0 Å². The molecule has 184 valence electrons. The van der Waals surface area contributed by atoms with E-state index in [0.29, 0.717) is 11.5 Å². The summed E-state index contributed by atoms with van der Waals surface area (Å²) in [5.74, 6) is 0.895. The van der Waals surface area contributed by atoms with Crippen LogP contribution in [0.15, 0.2) is 97.1 Å². The maximum absolute atomic E-state index is 12.3. The summed E-state index contributed by atoms with van der Waals surface area (Å²) in [7, 11) is 0.